The quantitative estimate of drug-likeness (QED) is 0.374. The third-order valence-electron chi connectivity index (χ3n) is 4.15. The monoisotopic (exact) mass is 431 g/mol. The molecule has 1 amide bonds. The first-order chi connectivity index (χ1) is 14.7. The molecule has 1 aromatic heterocycles. The number of carbonyl (C=O) groups excluding carboxylic acids is 1. The summed E-state index contributed by atoms with van der Waals surface area (Å²) in [6.45, 7) is 0. The first-order valence-electron chi connectivity index (χ1n) is 9.11. The Hall–Kier alpha value is -3.62. The van der Waals surface area contributed by atoms with E-state index >= 15 is 0 Å². The number of amides is 1. The second-order valence-electron chi connectivity index (χ2n) is 6.26. The SMILES string of the molecule is O=C(Nc1nnc(NC(=S)Nc2ccccc2)s1)c1ccc(-c2ccccc2)cc1. The minimum atomic E-state index is -0.248. The Kier molecular flexibility index (Phi) is 6.07. The summed E-state index contributed by atoms with van der Waals surface area (Å²) >= 11 is 6.48. The summed E-state index contributed by atoms with van der Waals surface area (Å²) in [7, 11) is 0. The third-order valence-corrected chi connectivity index (χ3v) is 5.11. The van der Waals surface area contributed by atoms with Gasteiger partial charge in [0.15, 0.2) is 5.11 Å². The largest absolute Gasteiger partial charge is 0.332 e. The van der Waals surface area contributed by atoms with Crippen LogP contribution in [0.25, 0.3) is 11.1 Å². The van der Waals surface area contributed by atoms with Crippen molar-refractivity contribution in [2.45, 2.75) is 0 Å². The van der Waals surface area contributed by atoms with Crippen molar-refractivity contribution >= 4 is 50.5 Å². The Morgan fingerprint density at radius 2 is 1.27 bits per heavy atom. The number of hydrogen-bond donors (Lipinski definition) is 3. The summed E-state index contributed by atoms with van der Waals surface area (Å²) in [5, 5.41) is 18.1. The summed E-state index contributed by atoms with van der Waals surface area (Å²) in [5.41, 5.74) is 3.56. The normalized spacial score (nSPS) is 10.3. The van der Waals surface area contributed by atoms with Gasteiger partial charge in [-0.2, -0.15) is 0 Å². The zero-order chi connectivity index (χ0) is 20.8. The molecule has 3 aromatic carbocycles. The highest BCUT2D eigenvalue weighted by molar-refractivity contribution is 7.80. The number of anilines is 3. The maximum atomic E-state index is 12.5. The van der Waals surface area contributed by atoms with E-state index in [0.717, 1.165) is 16.8 Å². The van der Waals surface area contributed by atoms with Gasteiger partial charge in [-0.1, -0.05) is 72.0 Å². The molecule has 0 bridgehead atoms. The van der Waals surface area contributed by atoms with E-state index in [1.165, 1.54) is 11.3 Å². The van der Waals surface area contributed by atoms with Gasteiger partial charge < -0.3 is 10.6 Å². The molecule has 3 N–H and O–H groups in total. The number of hydrogen-bond acceptors (Lipinski definition) is 5. The minimum Gasteiger partial charge on any atom is -0.332 e. The van der Waals surface area contributed by atoms with Crippen LogP contribution in [-0.4, -0.2) is 21.2 Å². The predicted molar refractivity (Wildman–Crippen MR) is 126 cm³/mol. The van der Waals surface area contributed by atoms with Crippen LogP contribution < -0.4 is 16.0 Å². The van der Waals surface area contributed by atoms with E-state index in [4.69, 9.17) is 12.2 Å². The average molecular weight is 432 g/mol. The van der Waals surface area contributed by atoms with Crippen molar-refractivity contribution in [1.29, 1.82) is 0 Å². The molecule has 0 radical (unpaired) electrons. The molecule has 6 nitrogen and oxygen atoms in total. The molecule has 30 heavy (non-hydrogen) atoms. The lowest BCUT2D eigenvalue weighted by atomic mass is 10.0. The van der Waals surface area contributed by atoms with Crippen LogP contribution >= 0.6 is 23.6 Å². The van der Waals surface area contributed by atoms with Crippen LogP contribution in [0.15, 0.2) is 84.9 Å². The lowest BCUT2D eigenvalue weighted by Gasteiger charge is -2.07. The van der Waals surface area contributed by atoms with Crippen molar-refractivity contribution in [2.24, 2.45) is 0 Å². The fourth-order valence-corrected chi connectivity index (χ4v) is 3.64. The number of carbonyl (C=O) groups is 1. The Balaban J connectivity index is 1.35. The first kappa shape index (κ1) is 19.7. The van der Waals surface area contributed by atoms with E-state index in [1.54, 1.807) is 12.1 Å². The van der Waals surface area contributed by atoms with E-state index in [1.807, 2.05) is 72.8 Å². The van der Waals surface area contributed by atoms with E-state index in [0.29, 0.717) is 20.9 Å². The second-order valence-corrected chi connectivity index (χ2v) is 7.64. The van der Waals surface area contributed by atoms with Gasteiger partial charge in [0.1, 0.15) is 0 Å². The van der Waals surface area contributed by atoms with Crippen molar-refractivity contribution in [2.75, 3.05) is 16.0 Å². The van der Waals surface area contributed by atoms with Crippen LogP contribution in [0, 0.1) is 0 Å². The number of thiocarbonyl (C=S) groups is 1. The van der Waals surface area contributed by atoms with Gasteiger partial charge in [-0.3, -0.25) is 10.1 Å². The van der Waals surface area contributed by atoms with Crippen molar-refractivity contribution in [3.05, 3.63) is 90.5 Å². The molecule has 8 heteroatoms. The number of aromatic nitrogens is 2. The van der Waals surface area contributed by atoms with Gasteiger partial charge in [-0.15, -0.1) is 10.2 Å². The maximum absolute atomic E-state index is 12.5. The van der Waals surface area contributed by atoms with Crippen LogP contribution in [0.1, 0.15) is 10.4 Å². The highest BCUT2D eigenvalue weighted by Gasteiger charge is 2.11. The highest BCUT2D eigenvalue weighted by atomic mass is 32.1. The summed E-state index contributed by atoms with van der Waals surface area (Å²) in [4.78, 5) is 12.5. The van der Waals surface area contributed by atoms with Crippen molar-refractivity contribution < 1.29 is 4.79 Å². The molecule has 1 heterocycles. The van der Waals surface area contributed by atoms with Gasteiger partial charge in [0, 0.05) is 11.3 Å². The zero-order valence-electron chi connectivity index (χ0n) is 15.7. The topological polar surface area (TPSA) is 78.9 Å². The van der Waals surface area contributed by atoms with Crippen LogP contribution in [0.2, 0.25) is 0 Å². The van der Waals surface area contributed by atoms with E-state index in [9.17, 15) is 4.79 Å². The summed E-state index contributed by atoms with van der Waals surface area (Å²) < 4.78 is 0. The average Bonchev–Trinajstić information content (AvgIpc) is 3.21. The fraction of sp³-hybridized carbons (Fsp3) is 0. The van der Waals surface area contributed by atoms with Gasteiger partial charge in [0.25, 0.3) is 5.91 Å². The van der Waals surface area contributed by atoms with E-state index in [2.05, 4.69) is 26.1 Å². The fourth-order valence-electron chi connectivity index (χ4n) is 2.72. The lowest BCUT2D eigenvalue weighted by molar-refractivity contribution is 0.102. The van der Waals surface area contributed by atoms with Gasteiger partial charge in [0.2, 0.25) is 10.3 Å². The van der Waals surface area contributed by atoms with E-state index in [-0.39, 0.29) is 5.91 Å². The molecule has 0 aliphatic heterocycles. The Morgan fingerprint density at radius 3 is 1.93 bits per heavy atom. The minimum absolute atomic E-state index is 0.248. The smallest absolute Gasteiger partial charge is 0.257 e. The molecule has 0 spiro atoms. The van der Waals surface area contributed by atoms with Crippen molar-refractivity contribution in [3.8, 4) is 11.1 Å². The number of benzene rings is 3. The molecule has 0 aliphatic carbocycles. The maximum Gasteiger partial charge on any atom is 0.257 e. The number of rotatable bonds is 5. The van der Waals surface area contributed by atoms with Crippen LogP contribution in [0.4, 0.5) is 16.0 Å². The Bertz CT molecular complexity index is 1150. The molecule has 0 atom stereocenters. The van der Waals surface area contributed by atoms with E-state index < -0.39 is 0 Å². The molecule has 4 aromatic rings. The van der Waals surface area contributed by atoms with Crippen LogP contribution in [0.5, 0.6) is 0 Å². The van der Waals surface area contributed by atoms with Gasteiger partial charge in [0.05, 0.1) is 0 Å². The Labute approximate surface area is 183 Å². The van der Waals surface area contributed by atoms with Crippen molar-refractivity contribution in [3.63, 3.8) is 0 Å². The van der Waals surface area contributed by atoms with Crippen molar-refractivity contribution in [1.82, 2.24) is 10.2 Å². The van der Waals surface area contributed by atoms with Crippen LogP contribution in [-0.2, 0) is 0 Å². The molecule has 0 saturated carbocycles. The molecule has 0 aliphatic rings. The van der Waals surface area contributed by atoms with Crippen LogP contribution in [0.3, 0.4) is 0 Å². The number of para-hydroxylation sites is 1. The summed E-state index contributed by atoms with van der Waals surface area (Å²) in [5.74, 6) is -0.248. The molecule has 0 fully saturated rings. The first-order valence-corrected chi connectivity index (χ1v) is 10.3. The van der Waals surface area contributed by atoms with Gasteiger partial charge in [-0.25, -0.2) is 0 Å². The Morgan fingerprint density at radius 1 is 0.700 bits per heavy atom. The number of nitrogens with one attached hydrogen (secondary N) is 3. The molecule has 4 rings (SSSR count). The van der Waals surface area contributed by atoms with Gasteiger partial charge in [-0.05, 0) is 47.6 Å². The summed E-state index contributed by atoms with van der Waals surface area (Å²) in [6, 6.07) is 27.0. The molecule has 0 unspecified atom stereocenters. The molecular weight excluding hydrogens is 414 g/mol. The second kappa shape index (κ2) is 9.25. The number of nitrogens with zero attached hydrogens (tertiary/aromatic N) is 2. The highest BCUT2D eigenvalue weighted by Crippen LogP contribution is 2.22. The molecule has 0 saturated heterocycles. The zero-order valence-corrected chi connectivity index (χ0v) is 17.3. The molecular formula is C22H17N5OS2. The predicted octanol–water partition coefficient (Wildman–Crippen LogP) is 5.27. The third kappa shape index (κ3) is 5.05. The molecule has 148 valence electrons. The lowest BCUT2D eigenvalue weighted by Crippen LogP contribution is -2.18. The summed E-state index contributed by atoms with van der Waals surface area (Å²) in [6.07, 6.45) is 0. The standard InChI is InChI=1S/C22H17N5OS2/c28-19(17-13-11-16(12-14-17)15-7-3-1-4-8-15)24-21-26-27-22(30-21)25-20(29)23-18-9-5-2-6-10-18/h1-14H,(H,24,26,28)(H2,23,25,27,29). The van der Waals surface area contributed by atoms with Gasteiger partial charge >= 0.3 is 0 Å².